The Bertz CT molecular complexity index is 525. The number of hydrogen-bond acceptors (Lipinski definition) is 3. The average Bonchev–Trinajstić information content (AvgIpc) is 2.35. The van der Waals surface area contributed by atoms with Gasteiger partial charge < -0.3 is 5.73 Å². The van der Waals surface area contributed by atoms with E-state index in [9.17, 15) is 8.42 Å². The number of nitrogens with one attached hydrogen (secondary N) is 1. The Labute approximate surface area is 127 Å². The molecule has 2 rings (SSSR count). The number of sulfonamides is 1. The van der Waals surface area contributed by atoms with Crippen LogP contribution in [-0.4, -0.2) is 20.5 Å². The van der Waals surface area contributed by atoms with Crippen molar-refractivity contribution in [3.63, 3.8) is 0 Å². The van der Waals surface area contributed by atoms with Crippen LogP contribution in [0.4, 0.5) is 0 Å². The molecule has 0 radical (unpaired) electrons. The highest BCUT2D eigenvalue weighted by molar-refractivity contribution is 7.89. The van der Waals surface area contributed by atoms with Gasteiger partial charge in [-0.1, -0.05) is 25.5 Å². The van der Waals surface area contributed by atoms with Gasteiger partial charge in [0.15, 0.2) is 0 Å². The van der Waals surface area contributed by atoms with Crippen molar-refractivity contribution in [1.29, 1.82) is 0 Å². The maximum atomic E-state index is 12.1. The van der Waals surface area contributed by atoms with Gasteiger partial charge in [0, 0.05) is 12.1 Å². The second-order valence-electron chi connectivity index (χ2n) is 5.43. The van der Waals surface area contributed by atoms with Gasteiger partial charge in [0.1, 0.15) is 0 Å². The topological polar surface area (TPSA) is 72.2 Å². The van der Waals surface area contributed by atoms with Crippen LogP contribution < -0.4 is 10.5 Å². The highest BCUT2D eigenvalue weighted by atomic mass is 35.5. The summed E-state index contributed by atoms with van der Waals surface area (Å²) in [5.74, 6) is 0. The lowest BCUT2D eigenvalue weighted by Gasteiger charge is -2.38. The van der Waals surface area contributed by atoms with Crippen LogP contribution >= 0.6 is 12.4 Å². The zero-order valence-corrected chi connectivity index (χ0v) is 13.4. The summed E-state index contributed by atoms with van der Waals surface area (Å²) in [6.07, 6.45) is 4.90. The van der Waals surface area contributed by atoms with Crippen molar-refractivity contribution in [3.8, 4) is 0 Å². The smallest absolute Gasteiger partial charge is 0.240 e. The van der Waals surface area contributed by atoms with Crippen molar-refractivity contribution >= 4 is 22.4 Å². The summed E-state index contributed by atoms with van der Waals surface area (Å²) < 4.78 is 26.9. The van der Waals surface area contributed by atoms with Gasteiger partial charge in [-0.25, -0.2) is 13.1 Å². The fourth-order valence-electron chi connectivity index (χ4n) is 2.25. The molecule has 0 spiro atoms. The molecule has 0 bridgehead atoms. The number of halogens is 1. The van der Waals surface area contributed by atoms with E-state index < -0.39 is 10.0 Å². The first-order valence-electron chi connectivity index (χ1n) is 6.83. The maximum absolute atomic E-state index is 12.1. The molecule has 20 heavy (non-hydrogen) atoms. The van der Waals surface area contributed by atoms with Gasteiger partial charge in [-0.2, -0.15) is 0 Å². The molecule has 0 aliphatic heterocycles. The molecule has 0 heterocycles. The van der Waals surface area contributed by atoms with E-state index in [2.05, 4.69) is 11.6 Å². The van der Waals surface area contributed by atoms with Gasteiger partial charge in [-0.3, -0.25) is 0 Å². The Kier molecular flexibility index (Phi) is 6.01. The Morgan fingerprint density at radius 1 is 1.25 bits per heavy atom. The van der Waals surface area contributed by atoms with Gasteiger partial charge in [-0.05, 0) is 43.4 Å². The largest absolute Gasteiger partial charge is 0.324 e. The fraction of sp³-hybridized carbons (Fsp3) is 0.571. The molecule has 0 aromatic heterocycles. The van der Waals surface area contributed by atoms with E-state index in [0.717, 1.165) is 37.7 Å². The molecular formula is C14H23ClN2O2S. The summed E-state index contributed by atoms with van der Waals surface area (Å²) in [6, 6.07) is 7.08. The van der Waals surface area contributed by atoms with Crippen LogP contribution in [0, 0.1) is 0 Å². The molecule has 1 aliphatic rings. The number of aryl methyl sites for hydroxylation is 1. The van der Waals surface area contributed by atoms with Crippen molar-refractivity contribution in [2.75, 3.05) is 6.54 Å². The van der Waals surface area contributed by atoms with Crippen LogP contribution in [-0.2, 0) is 16.4 Å². The van der Waals surface area contributed by atoms with Crippen LogP contribution in [0.3, 0.4) is 0 Å². The van der Waals surface area contributed by atoms with E-state index in [-0.39, 0.29) is 17.9 Å². The average molecular weight is 319 g/mol. The minimum Gasteiger partial charge on any atom is -0.324 e. The van der Waals surface area contributed by atoms with Crippen molar-refractivity contribution < 1.29 is 8.42 Å². The lowest BCUT2D eigenvalue weighted by atomic mass is 9.78. The van der Waals surface area contributed by atoms with E-state index in [0.29, 0.717) is 11.4 Å². The third-order valence-corrected chi connectivity index (χ3v) is 5.15. The monoisotopic (exact) mass is 318 g/mol. The molecular weight excluding hydrogens is 296 g/mol. The van der Waals surface area contributed by atoms with E-state index in [1.165, 1.54) is 0 Å². The molecule has 3 N–H and O–H groups in total. The third-order valence-electron chi connectivity index (χ3n) is 3.74. The molecule has 114 valence electrons. The third kappa shape index (κ3) is 4.19. The Balaban J connectivity index is 0.00000200. The molecule has 0 amide bonds. The zero-order chi connectivity index (χ0) is 13.9. The first-order chi connectivity index (χ1) is 8.95. The predicted molar refractivity (Wildman–Crippen MR) is 83.6 cm³/mol. The Hall–Kier alpha value is -0.620. The molecule has 1 fully saturated rings. The van der Waals surface area contributed by atoms with Crippen molar-refractivity contribution in [1.82, 2.24) is 4.72 Å². The summed E-state index contributed by atoms with van der Waals surface area (Å²) in [5, 5.41) is 0. The minimum atomic E-state index is -3.43. The summed E-state index contributed by atoms with van der Waals surface area (Å²) in [4.78, 5) is 0.315. The van der Waals surface area contributed by atoms with E-state index >= 15 is 0 Å². The lowest BCUT2D eigenvalue weighted by molar-refractivity contribution is 0.251. The molecule has 1 aromatic carbocycles. The second-order valence-corrected chi connectivity index (χ2v) is 7.20. The summed E-state index contributed by atoms with van der Waals surface area (Å²) >= 11 is 0. The molecule has 1 saturated carbocycles. The molecule has 0 unspecified atom stereocenters. The molecule has 0 saturated heterocycles. The highest BCUT2D eigenvalue weighted by Crippen LogP contribution is 2.28. The molecule has 0 atom stereocenters. The summed E-state index contributed by atoms with van der Waals surface area (Å²) in [7, 11) is -3.43. The first kappa shape index (κ1) is 17.4. The molecule has 1 aliphatic carbocycles. The highest BCUT2D eigenvalue weighted by Gasteiger charge is 2.33. The van der Waals surface area contributed by atoms with E-state index in [1.807, 2.05) is 12.1 Å². The van der Waals surface area contributed by atoms with Crippen LogP contribution in [0.5, 0.6) is 0 Å². The SMILES string of the molecule is CCCc1ccc(S(=O)(=O)NCC2(N)CCC2)cc1.Cl. The normalized spacial score (nSPS) is 17.1. The van der Waals surface area contributed by atoms with E-state index in [4.69, 9.17) is 5.73 Å². The first-order valence-corrected chi connectivity index (χ1v) is 8.31. The van der Waals surface area contributed by atoms with Gasteiger partial charge >= 0.3 is 0 Å². The van der Waals surface area contributed by atoms with Crippen molar-refractivity contribution in [3.05, 3.63) is 29.8 Å². The standard InChI is InChI=1S/C14H22N2O2S.ClH/c1-2-4-12-5-7-13(8-6-12)19(17,18)16-11-14(15)9-3-10-14;/h5-8,16H,2-4,9-11,15H2,1H3;1H. The predicted octanol–water partition coefficient (Wildman–Crippen LogP) is 2.22. The molecule has 4 nitrogen and oxygen atoms in total. The second kappa shape index (κ2) is 6.89. The summed E-state index contributed by atoms with van der Waals surface area (Å²) in [6.45, 7) is 2.43. The van der Waals surface area contributed by atoms with Gasteiger partial charge in [0.05, 0.1) is 4.90 Å². The van der Waals surface area contributed by atoms with Gasteiger partial charge in [0.25, 0.3) is 0 Å². The zero-order valence-electron chi connectivity index (χ0n) is 11.8. The van der Waals surface area contributed by atoms with Crippen LogP contribution in [0.25, 0.3) is 0 Å². The summed E-state index contributed by atoms with van der Waals surface area (Å²) in [5.41, 5.74) is 6.85. The fourth-order valence-corrected chi connectivity index (χ4v) is 3.39. The van der Waals surface area contributed by atoms with Crippen LogP contribution in [0.2, 0.25) is 0 Å². The molecule has 1 aromatic rings. The van der Waals surface area contributed by atoms with E-state index in [1.54, 1.807) is 12.1 Å². The van der Waals surface area contributed by atoms with Crippen LogP contribution in [0.15, 0.2) is 29.2 Å². The number of rotatable bonds is 6. The van der Waals surface area contributed by atoms with Gasteiger partial charge in [0.2, 0.25) is 10.0 Å². The number of hydrogen-bond donors (Lipinski definition) is 2. The van der Waals surface area contributed by atoms with Gasteiger partial charge in [-0.15, -0.1) is 12.4 Å². The quantitative estimate of drug-likeness (QED) is 0.844. The number of benzene rings is 1. The van der Waals surface area contributed by atoms with Crippen molar-refractivity contribution in [2.24, 2.45) is 5.73 Å². The minimum absolute atomic E-state index is 0. The molecule has 6 heteroatoms. The Morgan fingerprint density at radius 3 is 2.30 bits per heavy atom. The van der Waals surface area contributed by atoms with Crippen molar-refractivity contribution in [2.45, 2.75) is 49.5 Å². The maximum Gasteiger partial charge on any atom is 0.240 e. The number of nitrogens with two attached hydrogens (primary N) is 1. The van der Waals surface area contributed by atoms with Crippen LogP contribution in [0.1, 0.15) is 38.2 Å². The lowest BCUT2D eigenvalue weighted by Crippen LogP contribution is -2.54. The Morgan fingerprint density at radius 2 is 1.85 bits per heavy atom.